The van der Waals surface area contributed by atoms with E-state index in [-0.39, 0.29) is 40.7 Å². The van der Waals surface area contributed by atoms with E-state index in [1.807, 2.05) is 41.5 Å². The number of aromatic hydroxyl groups is 2. The van der Waals surface area contributed by atoms with Crippen LogP contribution in [0.15, 0.2) is 24.0 Å². The first kappa shape index (κ1) is 42.7. The van der Waals surface area contributed by atoms with Gasteiger partial charge < -0.3 is 29.9 Å². The molecule has 0 amide bonds. The van der Waals surface area contributed by atoms with Crippen molar-refractivity contribution in [3.63, 3.8) is 0 Å². The highest BCUT2D eigenvalue weighted by Crippen LogP contribution is 2.49. The van der Waals surface area contributed by atoms with Crippen molar-refractivity contribution < 1.29 is 44.3 Å². The number of fused-ring (bicyclic) bond motifs is 3. The molecular formula is C35H54O9. The zero-order chi connectivity index (χ0) is 34.6. The molecule has 4 aliphatic rings. The second-order valence-corrected chi connectivity index (χ2v) is 9.17. The summed E-state index contributed by atoms with van der Waals surface area (Å²) in [5.41, 5.74) is 0.595. The molecule has 1 saturated heterocycles. The van der Waals surface area contributed by atoms with Gasteiger partial charge in [-0.05, 0) is 51.5 Å². The second-order valence-electron chi connectivity index (χ2n) is 9.17. The highest BCUT2D eigenvalue weighted by atomic mass is 16.6. The molecule has 1 fully saturated rings. The molecule has 3 aliphatic carbocycles. The van der Waals surface area contributed by atoms with Gasteiger partial charge in [0.25, 0.3) is 0 Å². The molecule has 9 heteroatoms. The molecule has 1 aromatic carbocycles. The Morgan fingerprint density at radius 3 is 1.91 bits per heavy atom. The van der Waals surface area contributed by atoms with E-state index in [0.717, 1.165) is 33.0 Å². The molecular weight excluding hydrogens is 564 g/mol. The van der Waals surface area contributed by atoms with Gasteiger partial charge >= 0.3 is 0 Å². The summed E-state index contributed by atoms with van der Waals surface area (Å²) in [6.07, 6.45) is 16.6. The lowest BCUT2D eigenvalue weighted by atomic mass is 9.68. The monoisotopic (exact) mass is 618 g/mol. The fourth-order valence-corrected chi connectivity index (χ4v) is 5.24. The van der Waals surface area contributed by atoms with Gasteiger partial charge in [-0.3, -0.25) is 14.4 Å². The Labute approximate surface area is 264 Å². The van der Waals surface area contributed by atoms with Gasteiger partial charge in [-0.15, -0.1) is 12.8 Å². The van der Waals surface area contributed by atoms with Crippen molar-refractivity contribution in [2.24, 2.45) is 17.8 Å². The van der Waals surface area contributed by atoms with Gasteiger partial charge in [0.1, 0.15) is 23.0 Å². The van der Waals surface area contributed by atoms with E-state index in [1.165, 1.54) is 14.0 Å². The van der Waals surface area contributed by atoms with Crippen LogP contribution in [0, 0.1) is 30.6 Å². The number of benzene rings is 1. The van der Waals surface area contributed by atoms with Crippen LogP contribution in [0.1, 0.15) is 106 Å². The van der Waals surface area contributed by atoms with E-state index >= 15 is 0 Å². The molecule has 9 nitrogen and oxygen atoms in total. The third-order valence-corrected chi connectivity index (χ3v) is 7.14. The smallest absolute Gasteiger partial charge is 0.179 e. The number of ketones is 3. The van der Waals surface area contributed by atoms with Crippen LogP contribution in [0.4, 0.5) is 0 Å². The third kappa shape index (κ3) is 10.0. The number of aliphatic hydroxyl groups excluding tert-OH is 2. The van der Waals surface area contributed by atoms with E-state index in [2.05, 4.69) is 12.8 Å². The lowest BCUT2D eigenvalue weighted by molar-refractivity contribution is -0.123. The van der Waals surface area contributed by atoms with E-state index in [9.17, 15) is 24.6 Å². The first-order chi connectivity index (χ1) is 21.3. The number of terminal acetylenes is 1. The van der Waals surface area contributed by atoms with Gasteiger partial charge in [-0.1, -0.05) is 53.7 Å². The predicted molar refractivity (Wildman–Crippen MR) is 174 cm³/mol. The maximum atomic E-state index is 13.2. The van der Waals surface area contributed by atoms with Crippen molar-refractivity contribution in [2.75, 3.05) is 20.8 Å². The Morgan fingerprint density at radius 2 is 1.45 bits per heavy atom. The van der Waals surface area contributed by atoms with Crippen LogP contribution in [0.2, 0.25) is 0 Å². The standard InChI is InChI=1S/C21H20O6.C5H10O2.3C2H6.C2H2.CH4O/c1-9(22)10-6-7-11-13(8-10)20(25)16-17(18(11)23)21(26)15-12(19(16)24)4-3-5-14(15)27-2;6-5-3-1-2-4-7-5;5*1-2/h3-5,10,12,15,23,25H,6-8H2,1-2H3;5-6H,1-4H2;3*1-2H3;1-2H;2H,1H3/t;5-;;;;;/m.1...../s1. The minimum atomic E-state index is -0.836. The van der Waals surface area contributed by atoms with Gasteiger partial charge in [0, 0.05) is 30.8 Å². The second kappa shape index (κ2) is 23.0. The van der Waals surface area contributed by atoms with E-state index in [1.54, 1.807) is 18.2 Å². The predicted octanol–water partition coefficient (Wildman–Crippen LogP) is 5.95. The number of aliphatic hydroxyl groups is 2. The van der Waals surface area contributed by atoms with Crippen LogP contribution in [0.5, 0.6) is 11.5 Å². The topological polar surface area (TPSA) is 151 Å². The summed E-state index contributed by atoms with van der Waals surface area (Å²) in [4.78, 5) is 38.0. The molecule has 0 bridgehead atoms. The average molecular weight is 619 g/mol. The van der Waals surface area contributed by atoms with Crippen molar-refractivity contribution in [1.29, 1.82) is 0 Å². The summed E-state index contributed by atoms with van der Waals surface area (Å²) >= 11 is 0. The zero-order valence-corrected chi connectivity index (χ0v) is 28.0. The first-order valence-corrected chi connectivity index (χ1v) is 15.4. The van der Waals surface area contributed by atoms with Crippen molar-refractivity contribution in [3.05, 3.63) is 46.2 Å². The number of rotatable bonds is 2. The molecule has 4 N–H and O–H groups in total. The Hall–Kier alpha value is -3.45. The molecule has 4 atom stereocenters. The summed E-state index contributed by atoms with van der Waals surface area (Å²) in [6, 6.07) is 0. The number of phenols is 2. The minimum Gasteiger partial charge on any atom is -0.507 e. The quantitative estimate of drug-likeness (QED) is 0.233. The van der Waals surface area contributed by atoms with Crippen molar-refractivity contribution in [2.45, 2.75) is 93.3 Å². The molecule has 0 saturated carbocycles. The Kier molecular flexibility index (Phi) is 22.3. The highest BCUT2D eigenvalue weighted by Gasteiger charge is 2.48. The number of phenolic OH excluding ortho intramolecular Hbond substituents is 2. The maximum Gasteiger partial charge on any atom is 0.179 e. The molecule has 1 aliphatic heterocycles. The molecule has 3 unspecified atom stereocenters. The Morgan fingerprint density at radius 1 is 0.909 bits per heavy atom. The van der Waals surface area contributed by atoms with Crippen LogP contribution in [-0.2, 0) is 27.1 Å². The summed E-state index contributed by atoms with van der Waals surface area (Å²) in [5.74, 6) is -2.89. The molecule has 1 aromatic rings. The number of carbonyl (C=O) groups excluding carboxylic acids is 3. The lowest BCUT2D eigenvalue weighted by Gasteiger charge is -2.34. The molecule has 44 heavy (non-hydrogen) atoms. The normalized spacial score (nSPS) is 21.8. The zero-order valence-electron chi connectivity index (χ0n) is 28.0. The highest BCUT2D eigenvalue weighted by molar-refractivity contribution is 6.20. The molecule has 0 spiro atoms. The number of carbonyl (C=O) groups is 3. The van der Waals surface area contributed by atoms with Crippen LogP contribution < -0.4 is 0 Å². The number of Topliss-reactive ketones (excluding diaryl/α,β-unsaturated/α-hetero) is 3. The summed E-state index contributed by atoms with van der Waals surface area (Å²) in [5, 5.41) is 37.3. The molecule has 0 aromatic heterocycles. The number of methoxy groups -OCH3 is 1. The molecule has 248 valence electrons. The van der Waals surface area contributed by atoms with Gasteiger partial charge in [0.05, 0.1) is 30.1 Å². The summed E-state index contributed by atoms with van der Waals surface area (Å²) in [6.45, 7) is 14.2. The molecule has 5 rings (SSSR count). The van der Waals surface area contributed by atoms with Crippen molar-refractivity contribution in [3.8, 4) is 24.3 Å². The van der Waals surface area contributed by atoms with Gasteiger partial charge in [0.2, 0.25) is 0 Å². The third-order valence-electron chi connectivity index (χ3n) is 7.14. The van der Waals surface area contributed by atoms with Crippen LogP contribution in [0.25, 0.3) is 0 Å². The lowest BCUT2D eigenvalue weighted by Crippen LogP contribution is -2.39. The first-order valence-electron chi connectivity index (χ1n) is 15.4. The van der Waals surface area contributed by atoms with Crippen LogP contribution >= 0.6 is 0 Å². The fourth-order valence-electron chi connectivity index (χ4n) is 5.24. The van der Waals surface area contributed by atoms with Crippen LogP contribution in [0.3, 0.4) is 0 Å². The minimum absolute atomic E-state index is 0.00446. The Bertz CT molecular complexity index is 1120. The van der Waals surface area contributed by atoms with E-state index in [0.29, 0.717) is 29.7 Å². The Balaban J connectivity index is 0. The SMILES string of the molecule is C#C.CC.CC.CC.CO.COC1=CC=CC2C(=O)c3c(O)c4c(c(O)c3C(=O)C12)CCC(C(C)=O)C4.O[C@H]1CCCCO1. The summed E-state index contributed by atoms with van der Waals surface area (Å²) < 4.78 is 10.1. The molecule has 0 radical (unpaired) electrons. The number of hydrogen-bond donors (Lipinski definition) is 4. The van der Waals surface area contributed by atoms with Gasteiger partial charge in [-0.25, -0.2) is 0 Å². The fraction of sp³-hybridized carbons (Fsp3) is 0.571. The van der Waals surface area contributed by atoms with Gasteiger partial charge in [-0.2, -0.15) is 0 Å². The number of allylic oxidation sites excluding steroid dienone is 4. The van der Waals surface area contributed by atoms with Crippen LogP contribution in [-0.4, -0.2) is 64.9 Å². The van der Waals surface area contributed by atoms with Crippen molar-refractivity contribution in [1.82, 2.24) is 0 Å². The van der Waals surface area contributed by atoms with Crippen molar-refractivity contribution >= 4 is 17.3 Å². The number of ether oxygens (including phenoxy) is 2. The van der Waals surface area contributed by atoms with Gasteiger partial charge in [0.15, 0.2) is 17.9 Å². The maximum absolute atomic E-state index is 13.2. The van der Waals surface area contributed by atoms with E-state index < -0.39 is 29.7 Å². The van der Waals surface area contributed by atoms with E-state index in [4.69, 9.17) is 19.7 Å². The summed E-state index contributed by atoms with van der Waals surface area (Å²) in [7, 11) is 2.43. The number of hydrogen-bond acceptors (Lipinski definition) is 9. The average Bonchev–Trinajstić information content (AvgIpc) is 3.09. The molecule has 1 heterocycles. The largest absolute Gasteiger partial charge is 0.507 e.